The lowest BCUT2D eigenvalue weighted by Gasteiger charge is -2.38. The van der Waals surface area contributed by atoms with Crippen LogP contribution in [0, 0.1) is 11.3 Å². The second-order valence-electron chi connectivity index (χ2n) is 6.42. The minimum atomic E-state index is -0.185. The molecule has 0 radical (unpaired) electrons. The summed E-state index contributed by atoms with van der Waals surface area (Å²) in [6.45, 7) is 1.95. The van der Waals surface area contributed by atoms with Crippen LogP contribution in [-0.2, 0) is 4.79 Å². The first kappa shape index (κ1) is 15.0. The average Bonchev–Trinajstić information content (AvgIpc) is 3.37. The van der Waals surface area contributed by atoms with E-state index >= 15 is 0 Å². The predicted molar refractivity (Wildman–Crippen MR) is 91.0 cm³/mol. The first-order valence-corrected chi connectivity index (χ1v) is 8.35. The van der Waals surface area contributed by atoms with Gasteiger partial charge in [-0.3, -0.25) is 9.69 Å². The first-order chi connectivity index (χ1) is 11.7. The van der Waals surface area contributed by atoms with E-state index in [1.54, 1.807) is 17.1 Å². The fourth-order valence-electron chi connectivity index (χ4n) is 3.30. The maximum atomic E-state index is 12.4. The molecule has 122 valence electrons. The van der Waals surface area contributed by atoms with Gasteiger partial charge in [0.2, 0.25) is 5.91 Å². The number of hydrogen-bond donors (Lipinski definition) is 0. The summed E-state index contributed by atoms with van der Waals surface area (Å²) in [6.07, 6.45) is 5.60. The van der Waals surface area contributed by atoms with E-state index in [1.807, 2.05) is 30.3 Å². The van der Waals surface area contributed by atoms with Gasteiger partial charge in [0.05, 0.1) is 6.07 Å². The van der Waals surface area contributed by atoms with Gasteiger partial charge in [-0.05, 0) is 31.1 Å². The maximum absolute atomic E-state index is 12.4. The highest BCUT2D eigenvalue weighted by Gasteiger charge is 2.38. The minimum Gasteiger partial charge on any atom is -0.457 e. The van der Waals surface area contributed by atoms with Gasteiger partial charge in [0.25, 0.3) is 0 Å². The second-order valence-corrected chi connectivity index (χ2v) is 6.42. The molecule has 2 aromatic rings. The normalized spacial score (nSPS) is 22.1. The van der Waals surface area contributed by atoms with Crippen molar-refractivity contribution in [2.24, 2.45) is 0 Å². The average molecular weight is 321 g/mol. The molecule has 1 aliphatic carbocycles. The zero-order chi connectivity index (χ0) is 16.5. The maximum Gasteiger partial charge on any atom is 0.246 e. The summed E-state index contributed by atoms with van der Waals surface area (Å²) in [5, 5.41) is 10.4. The van der Waals surface area contributed by atoms with Gasteiger partial charge in [-0.15, -0.1) is 0 Å². The fourth-order valence-corrected chi connectivity index (χ4v) is 3.30. The van der Waals surface area contributed by atoms with E-state index in [4.69, 9.17) is 4.42 Å². The van der Waals surface area contributed by atoms with E-state index in [-0.39, 0.29) is 11.9 Å². The number of rotatable bonds is 3. The van der Waals surface area contributed by atoms with Crippen LogP contribution in [-0.4, -0.2) is 47.4 Å². The van der Waals surface area contributed by atoms with Gasteiger partial charge in [0.15, 0.2) is 0 Å². The molecule has 1 amide bonds. The Kier molecular flexibility index (Phi) is 3.83. The number of fused-ring (bicyclic) bond motifs is 1. The first-order valence-electron chi connectivity index (χ1n) is 8.35. The Morgan fingerprint density at radius 2 is 2.12 bits per heavy atom. The summed E-state index contributed by atoms with van der Waals surface area (Å²) in [4.78, 5) is 16.4. The van der Waals surface area contributed by atoms with Crippen LogP contribution in [0.2, 0.25) is 0 Å². The number of amides is 1. The number of carbonyl (C=O) groups excluding carboxylic acids is 1. The Morgan fingerprint density at radius 3 is 2.88 bits per heavy atom. The zero-order valence-corrected chi connectivity index (χ0v) is 13.4. The molecule has 5 heteroatoms. The molecule has 1 aliphatic heterocycles. The van der Waals surface area contributed by atoms with Gasteiger partial charge >= 0.3 is 0 Å². The van der Waals surface area contributed by atoms with Crippen LogP contribution >= 0.6 is 0 Å². The third kappa shape index (κ3) is 2.93. The highest BCUT2D eigenvalue weighted by molar-refractivity contribution is 5.92. The highest BCUT2D eigenvalue weighted by atomic mass is 16.3. The summed E-state index contributed by atoms with van der Waals surface area (Å²) in [6, 6.07) is 12.4. The van der Waals surface area contributed by atoms with Gasteiger partial charge < -0.3 is 9.32 Å². The van der Waals surface area contributed by atoms with E-state index in [9.17, 15) is 10.1 Å². The van der Waals surface area contributed by atoms with Crippen LogP contribution in [0.4, 0.5) is 0 Å². The van der Waals surface area contributed by atoms with E-state index in [2.05, 4.69) is 11.0 Å². The molecule has 2 aliphatic rings. The fraction of sp³-hybridized carbons (Fsp3) is 0.368. The molecule has 1 saturated heterocycles. The Hall–Kier alpha value is -2.58. The van der Waals surface area contributed by atoms with Gasteiger partial charge in [0.1, 0.15) is 17.4 Å². The molecule has 1 aromatic heterocycles. The van der Waals surface area contributed by atoms with Gasteiger partial charge in [-0.25, -0.2) is 0 Å². The molecule has 2 heterocycles. The zero-order valence-electron chi connectivity index (χ0n) is 13.4. The lowest BCUT2D eigenvalue weighted by Crippen LogP contribution is -2.54. The van der Waals surface area contributed by atoms with Crippen molar-refractivity contribution >= 4 is 23.0 Å². The number of furan rings is 1. The number of para-hydroxylation sites is 1. The Morgan fingerprint density at radius 1 is 1.29 bits per heavy atom. The number of nitriles is 1. The standard InChI is InChI=1S/C19H19N3O2/c20-12-16-13-21(9-10-22(16)15-5-6-15)19(23)8-7-17-11-14-3-1-2-4-18(14)24-17/h1-4,7-8,11,15-16H,5-6,9-10,13H2/b8-7+. The molecule has 0 bridgehead atoms. The van der Waals surface area contributed by atoms with Crippen molar-refractivity contribution in [2.45, 2.75) is 24.9 Å². The lowest BCUT2D eigenvalue weighted by atomic mass is 10.1. The van der Waals surface area contributed by atoms with Crippen molar-refractivity contribution in [1.82, 2.24) is 9.80 Å². The molecule has 5 nitrogen and oxygen atoms in total. The third-order valence-electron chi connectivity index (χ3n) is 4.73. The number of piperazine rings is 1. The molecule has 0 N–H and O–H groups in total. The van der Waals surface area contributed by atoms with Crippen LogP contribution in [0.15, 0.2) is 40.8 Å². The smallest absolute Gasteiger partial charge is 0.246 e. The largest absolute Gasteiger partial charge is 0.457 e. The predicted octanol–water partition coefficient (Wildman–Crippen LogP) is 2.64. The van der Waals surface area contributed by atoms with E-state index in [0.717, 1.165) is 17.5 Å². The summed E-state index contributed by atoms with van der Waals surface area (Å²) < 4.78 is 5.69. The van der Waals surface area contributed by atoms with Crippen molar-refractivity contribution in [3.8, 4) is 6.07 Å². The Balaban J connectivity index is 1.43. The molecule has 1 saturated carbocycles. The van der Waals surface area contributed by atoms with Crippen LogP contribution in [0.1, 0.15) is 18.6 Å². The Labute approximate surface area is 140 Å². The highest BCUT2D eigenvalue weighted by Crippen LogP contribution is 2.30. The number of benzene rings is 1. The monoisotopic (exact) mass is 321 g/mol. The van der Waals surface area contributed by atoms with E-state index in [1.165, 1.54) is 12.8 Å². The van der Waals surface area contributed by atoms with Crippen molar-refractivity contribution in [3.05, 3.63) is 42.2 Å². The van der Waals surface area contributed by atoms with Gasteiger partial charge in [0, 0.05) is 37.1 Å². The number of nitrogens with zero attached hydrogens (tertiary/aromatic N) is 3. The molecular weight excluding hydrogens is 302 g/mol. The quantitative estimate of drug-likeness (QED) is 0.816. The molecule has 0 spiro atoms. The topological polar surface area (TPSA) is 60.5 Å². The van der Waals surface area contributed by atoms with Crippen LogP contribution in [0.25, 0.3) is 17.0 Å². The number of hydrogen-bond acceptors (Lipinski definition) is 4. The van der Waals surface area contributed by atoms with Crippen LogP contribution < -0.4 is 0 Å². The van der Waals surface area contributed by atoms with E-state index in [0.29, 0.717) is 24.9 Å². The second kappa shape index (κ2) is 6.14. The SMILES string of the molecule is N#CC1CN(C(=O)/C=C/c2cc3ccccc3o2)CCN1C1CC1. The van der Waals surface area contributed by atoms with Gasteiger partial charge in [-0.2, -0.15) is 5.26 Å². The molecule has 2 fully saturated rings. The lowest BCUT2D eigenvalue weighted by molar-refractivity contribution is -0.128. The third-order valence-corrected chi connectivity index (χ3v) is 4.73. The Bertz CT molecular complexity index is 795. The molecule has 24 heavy (non-hydrogen) atoms. The summed E-state index contributed by atoms with van der Waals surface area (Å²) in [7, 11) is 0. The molecule has 4 rings (SSSR count). The van der Waals surface area contributed by atoms with E-state index < -0.39 is 0 Å². The van der Waals surface area contributed by atoms with Crippen LogP contribution in [0.5, 0.6) is 0 Å². The van der Waals surface area contributed by atoms with Gasteiger partial charge in [-0.1, -0.05) is 18.2 Å². The molecule has 1 aromatic carbocycles. The number of carbonyl (C=O) groups is 1. The van der Waals surface area contributed by atoms with Crippen molar-refractivity contribution < 1.29 is 9.21 Å². The summed E-state index contributed by atoms with van der Waals surface area (Å²) in [5.74, 6) is 0.601. The van der Waals surface area contributed by atoms with Crippen LogP contribution in [0.3, 0.4) is 0 Å². The minimum absolute atomic E-state index is 0.0637. The van der Waals surface area contributed by atoms with Crippen molar-refractivity contribution in [3.63, 3.8) is 0 Å². The molecule has 1 unspecified atom stereocenters. The van der Waals surface area contributed by atoms with Crippen molar-refractivity contribution in [1.29, 1.82) is 5.26 Å². The molecular formula is C19H19N3O2. The molecule has 1 atom stereocenters. The summed E-state index contributed by atoms with van der Waals surface area (Å²) >= 11 is 0. The van der Waals surface area contributed by atoms with Crippen molar-refractivity contribution in [2.75, 3.05) is 19.6 Å². The summed E-state index contributed by atoms with van der Waals surface area (Å²) in [5.41, 5.74) is 0.812.